The second-order valence-corrected chi connectivity index (χ2v) is 6.28. The van der Waals surface area contributed by atoms with Gasteiger partial charge in [0.2, 0.25) is 0 Å². The Hall–Kier alpha value is -0.870. The van der Waals surface area contributed by atoms with Crippen LogP contribution in [-0.4, -0.2) is 40.6 Å². The van der Waals surface area contributed by atoms with Gasteiger partial charge in [0.25, 0.3) is 0 Å². The summed E-state index contributed by atoms with van der Waals surface area (Å²) in [7, 11) is 0. The molecule has 0 aromatic carbocycles. The van der Waals surface area contributed by atoms with Crippen molar-refractivity contribution in [2.24, 2.45) is 5.41 Å². The van der Waals surface area contributed by atoms with Crippen LogP contribution < -0.4 is 5.32 Å². The smallest absolute Gasteiger partial charge is 0.122 e. The number of hydrogen-bond donors (Lipinski definition) is 1. The van der Waals surface area contributed by atoms with Crippen LogP contribution in [-0.2, 0) is 13.1 Å². The topological polar surface area (TPSA) is 33.1 Å². The van der Waals surface area contributed by atoms with Crippen molar-refractivity contribution >= 4 is 0 Å². The highest BCUT2D eigenvalue weighted by atomic mass is 15.2. The zero-order valence-corrected chi connectivity index (χ0v) is 12.1. The van der Waals surface area contributed by atoms with Gasteiger partial charge in [-0.1, -0.05) is 13.3 Å². The molecule has 1 atom stereocenters. The first-order valence-corrected chi connectivity index (χ1v) is 7.74. The average molecular weight is 262 g/mol. The van der Waals surface area contributed by atoms with E-state index in [1.54, 1.807) is 0 Å². The van der Waals surface area contributed by atoms with Crippen LogP contribution in [0.2, 0.25) is 0 Å². The maximum Gasteiger partial charge on any atom is 0.122 e. The number of nitrogens with one attached hydrogen (secondary N) is 1. The molecular weight excluding hydrogens is 236 g/mol. The molecule has 1 fully saturated rings. The minimum Gasteiger partial charge on any atom is -0.333 e. The fourth-order valence-electron chi connectivity index (χ4n) is 3.82. The van der Waals surface area contributed by atoms with Gasteiger partial charge in [-0.05, 0) is 31.2 Å². The molecule has 1 aromatic heterocycles. The predicted molar refractivity (Wildman–Crippen MR) is 76.9 cm³/mol. The van der Waals surface area contributed by atoms with Gasteiger partial charge in [0, 0.05) is 38.6 Å². The Morgan fingerprint density at radius 2 is 2.37 bits per heavy atom. The summed E-state index contributed by atoms with van der Waals surface area (Å²) in [6, 6.07) is 0. The minimum absolute atomic E-state index is 0.502. The lowest BCUT2D eigenvalue weighted by molar-refractivity contribution is 0.0874. The third-order valence-electron chi connectivity index (χ3n) is 4.72. The number of imidazole rings is 1. The SMILES string of the molecule is CCCC1(CN2CCn3ccnc3C2)CCCNC1. The van der Waals surface area contributed by atoms with E-state index in [9.17, 15) is 0 Å². The van der Waals surface area contributed by atoms with Gasteiger partial charge in [-0.25, -0.2) is 4.98 Å². The van der Waals surface area contributed by atoms with Crippen LogP contribution >= 0.6 is 0 Å². The summed E-state index contributed by atoms with van der Waals surface area (Å²) in [6.45, 7) is 9.26. The van der Waals surface area contributed by atoms with Gasteiger partial charge >= 0.3 is 0 Å². The van der Waals surface area contributed by atoms with Crippen LogP contribution in [0.25, 0.3) is 0 Å². The van der Waals surface area contributed by atoms with Crippen molar-refractivity contribution in [1.29, 1.82) is 0 Å². The van der Waals surface area contributed by atoms with Gasteiger partial charge in [0.05, 0.1) is 6.54 Å². The normalized spacial score (nSPS) is 28.3. The zero-order valence-electron chi connectivity index (χ0n) is 12.1. The number of aromatic nitrogens is 2. The lowest BCUT2D eigenvalue weighted by Gasteiger charge is -2.42. The summed E-state index contributed by atoms with van der Waals surface area (Å²) in [6.07, 6.45) is 9.41. The van der Waals surface area contributed by atoms with E-state index >= 15 is 0 Å². The molecule has 0 amide bonds. The molecule has 0 spiro atoms. The van der Waals surface area contributed by atoms with Crippen molar-refractivity contribution in [1.82, 2.24) is 19.8 Å². The average Bonchev–Trinajstić information content (AvgIpc) is 2.87. The maximum absolute atomic E-state index is 4.47. The zero-order chi connectivity index (χ0) is 13.1. The molecule has 0 bridgehead atoms. The van der Waals surface area contributed by atoms with Crippen LogP contribution in [0, 0.1) is 5.41 Å². The Morgan fingerprint density at radius 1 is 1.42 bits per heavy atom. The molecular formula is C15H26N4. The van der Waals surface area contributed by atoms with Gasteiger partial charge in [-0.3, -0.25) is 4.90 Å². The Balaban J connectivity index is 1.66. The van der Waals surface area contributed by atoms with Gasteiger partial charge in [0.1, 0.15) is 5.82 Å². The first kappa shape index (κ1) is 13.1. The first-order valence-electron chi connectivity index (χ1n) is 7.74. The van der Waals surface area contributed by atoms with E-state index in [1.807, 2.05) is 6.20 Å². The fraction of sp³-hybridized carbons (Fsp3) is 0.800. The molecule has 4 heteroatoms. The molecule has 106 valence electrons. The molecule has 0 saturated carbocycles. The summed E-state index contributed by atoms with van der Waals surface area (Å²) >= 11 is 0. The highest BCUT2D eigenvalue weighted by Gasteiger charge is 2.34. The summed E-state index contributed by atoms with van der Waals surface area (Å²) in [5.74, 6) is 1.24. The quantitative estimate of drug-likeness (QED) is 0.899. The number of fused-ring (bicyclic) bond motifs is 1. The van der Waals surface area contributed by atoms with Crippen molar-refractivity contribution in [3.8, 4) is 0 Å². The number of piperidine rings is 1. The Morgan fingerprint density at radius 3 is 3.16 bits per heavy atom. The summed E-state index contributed by atoms with van der Waals surface area (Å²) in [4.78, 5) is 7.09. The molecule has 0 radical (unpaired) electrons. The first-order chi connectivity index (χ1) is 9.31. The Labute approximate surface area is 116 Å². The van der Waals surface area contributed by atoms with E-state index in [-0.39, 0.29) is 0 Å². The third kappa shape index (κ3) is 2.84. The largest absolute Gasteiger partial charge is 0.333 e. The summed E-state index contributed by atoms with van der Waals surface area (Å²) < 4.78 is 2.29. The van der Waals surface area contributed by atoms with Gasteiger partial charge in [-0.2, -0.15) is 0 Å². The Kier molecular flexibility index (Phi) is 3.89. The highest BCUT2D eigenvalue weighted by Crippen LogP contribution is 2.33. The number of hydrogen-bond acceptors (Lipinski definition) is 3. The van der Waals surface area contributed by atoms with Crippen molar-refractivity contribution in [2.75, 3.05) is 26.2 Å². The molecule has 1 N–H and O–H groups in total. The van der Waals surface area contributed by atoms with E-state index in [0.29, 0.717) is 5.41 Å². The van der Waals surface area contributed by atoms with E-state index in [2.05, 4.69) is 32.9 Å². The monoisotopic (exact) mass is 262 g/mol. The Bertz CT molecular complexity index is 401. The van der Waals surface area contributed by atoms with E-state index in [4.69, 9.17) is 0 Å². The van der Waals surface area contributed by atoms with E-state index in [1.165, 1.54) is 57.7 Å². The summed E-state index contributed by atoms with van der Waals surface area (Å²) in [5, 5.41) is 3.62. The van der Waals surface area contributed by atoms with Crippen LogP contribution in [0.1, 0.15) is 38.4 Å². The van der Waals surface area contributed by atoms with E-state index in [0.717, 1.165) is 13.1 Å². The van der Waals surface area contributed by atoms with Crippen molar-refractivity contribution in [3.63, 3.8) is 0 Å². The lowest BCUT2D eigenvalue weighted by Crippen LogP contribution is -2.49. The fourth-order valence-corrected chi connectivity index (χ4v) is 3.82. The molecule has 1 aromatic rings. The van der Waals surface area contributed by atoms with Crippen LogP contribution in [0.3, 0.4) is 0 Å². The van der Waals surface area contributed by atoms with Gasteiger partial charge in [0.15, 0.2) is 0 Å². The standard InChI is InChI=1S/C15H26N4/c1-2-4-15(5-3-6-16-12-15)13-18-9-10-19-8-7-17-14(19)11-18/h7-8,16H,2-6,9-13H2,1H3. The van der Waals surface area contributed by atoms with Crippen molar-refractivity contribution in [3.05, 3.63) is 18.2 Å². The van der Waals surface area contributed by atoms with Gasteiger partial charge in [-0.15, -0.1) is 0 Å². The molecule has 2 aliphatic rings. The molecule has 2 aliphatic heterocycles. The van der Waals surface area contributed by atoms with Crippen LogP contribution in [0.5, 0.6) is 0 Å². The van der Waals surface area contributed by atoms with Crippen molar-refractivity contribution in [2.45, 2.75) is 45.7 Å². The van der Waals surface area contributed by atoms with Crippen molar-refractivity contribution < 1.29 is 0 Å². The summed E-state index contributed by atoms with van der Waals surface area (Å²) in [5.41, 5.74) is 0.502. The number of nitrogens with zero attached hydrogens (tertiary/aromatic N) is 3. The molecule has 4 nitrogen and oxygen atoms in total. The second-order valence-electron chi connectivity index (χ2n) is 6.28. The highest BCUT2D eigenvalue weighted by molar-refractivity contribution is 4.97. The molecule has 19 heavy (non-hydrogen) atoms. The molecule has 3 heterocycles. The van der Waals surface area contributed by atoms with Gasteiger partial charge < -0.3 is 9.88 Å². The van der Waals surface area contributed by atoms with E-state index < -0.39 is 0 Å². The number of rotatable bonds is 4. The predicted octanol–water partition coefficient (Wildman–Crippen LogP) is 1.87. The molecule has 0 aliphatic carbocycles. The lowest BCUT2D eigenvalue weighted by atomic mass is 9.76. The molecule has 1 unspecified atom stereocenters. The molecule has 3 rings (SSSR count). The third-order valence-corrected chi connectivity index (χ3v) is 4.72. The maximum atomic E-state index is 4.47. The van der Waals surface area contributed by atoms with Crippen LogP contribution in [0.4, 0.5) is 0 Å². The minimum atomic E-state index is 0.502. The van der Waals surface area contributed by atoms with Crippen LogP contribution in [0.15, 0.2) is 12.4 Å². The molecule has 1 saturated heterocycles. The second kappa shape index (κ2) is 5.63.